The summed E-state index contributed by atoms with van der Waals surface area (Å²) in [7, 11) is 0. The maximum Gasteiger partial charge on any atom is 0.184 e. The topological polar surface area (TPSA) is 101 Å². The molecule has 0 amide bonds. The molecule has 0 bridgehead atoms. The van der Waals surface area contributed by atoms with E-state index in [1.807, 2.05) is 28.9 Å². The third-order valence-electron chi connectivity index (χ3n) is 9.45. The summed E-state index contributed by atoms with van der Waals surface area (Å²) in [5.41, 5.74) is 8.09. The predicted molar refractivity (Wildman–Crippen MR) is 201 cm³/mol. The molecule has 1 N–H and O–H groups in total. The van der Waals surface area contributed by atoms with Crippen LogP contribution in [-0.4, -0.2) is 46.7 Å². The number of rotatable bonds is 12. The molecule has 0 atom stereocenters. The number of H-pyrrole nitrogens is 1. The predicted octanol–water partition coefficient (Wildman–Crippen LogP) is 8.32. The fourth-order valence-electron chi connectivity index (χ4n) is 7.03. The Labute approximate surface area is 296 Å². The summed E-state index contributed by atoms with van der Waals surface area (Å²) in [5, 5.41) is 13.8. The lowest BCUT2D eigenvalue weighted by Crippen LogP contribution is -2.39. The van der Waals surface area contributed by atoms with Gasteiger partial charge in [0.05, 0.1) is 6.33 Å². The number of benzene rings is 5. The molecule has 0 unspecified atom stereocenters. The standard InChI is InChI=1S/C42H37N9/c1-2-3-27-50(41-38-39(44-29-43-38)45-30-46-41)28-31-23-25-32(26-24-31)36-21-13-14-22-37(36)40-47-48-49-51(40)42(33-15-7-4-8-16-33,34-17-9-5-10-18-34)35-19-11-6-12-20-35/h4-26,29-30H,2-3,27-28H2,1H3,(H,43,44,45,46). The first-order valence-corrected chi connectivity index (χ1v) is 17.3. The summed E-state index contributed by atoms with van der Waals surface area (Å²) in [6.07, 6.45) is 5.40. The molecule has 0 spiro atoms. The van der Waals surface area contributed by atoms with Crippen molar-refractivity contribution in [2.75, 3.05) is 11.4 Å². The van der Waals surface area contributed by atoms with Crippen molar-refractivity contribution in [2.45, 2.75) is 31.8 Å². The van der Waals surface area contributed by atoms with Crippen molar-refractivity contribution in [3.8, 4) is 22.5 Å². The van der Waals surface area contributed by atoms with Crippen molar-refractivity contribution < 1.29 is 0 Å². The highest BCUT2D eigenvalue weighted by Gasteiger charge is 2.42. The van der Waals surface area contributed by atoms with Crippen LogP contribution in [0.2, 0.25) is 0 Å². The zero-order valence-electron chi connectivity index (χ0n) is 28.3. The Morgan fingerprint density at radius 1 is 0.667 bits per heavy atom. The second kappa shape index (κ2) is 14.2. The molecule has 9 nitrogen and oxygen atoms in total. The average Bonchev–Trinajstić information content (AvgIpc) is 3.90. The first-order valence-electron chi connectivity index (χ1n) is 17.3. The second-order valence-corrected chi connectivity index (χ2v) is 12.5. The van der Waals surface area contributed by atoms with Gasteiger partial charge in [0, 0.05) is 18.7 Å². The highest BCUT2D eigenvalue weighted by Crippen LogP contribution is 2.43. The van der Waals surface area contributed by atoms with Crippen molar-refractivity contribution >= 4 is 17.0 Å². The van der Waals surface area contributed by atoms with E-state index in [2.05, 4.69) is 152 Å². The molecule has 0 fully saturated rings. The van der Waals surface area contributed by atoms with Gasteiger partial charge in [-0.3, -0.25) is 0 Å². The lowest BCUT2D eigenvalue weighted by atomic mass is 9.77. The molecule has 250 valence electrons. The Morgan fingerprint density at radius 3 is 1.90 bits per heavy atom. The van der Waals surface area contributed by atoms with Crippen LogP contribution in [0.1, 0.15) is 42.0 Å². The van der Waals surface area contributed by atoms with Crippen molar-refractivity contribution in [2.24, 2.45) is 0 Å². The number of nitrogens with one attached hydrogen (secondary N) is 1. The third-order valence-corrected chi connectivity index (χ3v) is 9.45. The summed E-state index contributed by atoms with van der Waals surface area (Å²) in [6.45, 7) is 3.79. The van der Waals surface area contributed by atoms with Crippen molar-refractivity contribution in [1.29, 1.82) is 0 Å². The van der Waals surface area contributed by atoms with Crippen LogP contribution in [0.5, 0.6) is 0 Å². The lowest BCUT2D eigenvalue weighted by Gasteiger charge is -2.36. The van der Waals surface area contributed by atoms with Gasteiger partial charge in [0.15, 0.2) is 17.3 Å². The number of anilines is 1. The number of hydrogen-bond donors (Lipinski definition) is 1. The zero-order valence-corrected chi connectivity index (χ0v) is 28.3. The zero-order chi connectivity index (χ0) is 34.5. The Balaban J connectivity index is 1.21. The van der Waals surface area contributed by atoms with E-state index in [1.165, 1.54) is 5.56 Å². The molecular formula is C42H37N9. The van der Waals surface area contributed by atoms with Gasteiger partial charge in [-0.15, -0.1) is 5.10 Å². The van der Waals surface area contributed by atoms with Crippen LogP contribution >= 0.6 is 0 Å². The minimum Gasteiger partial charge on any atom is -0.350 e. The highest BCUT2D eigenvalue weighted by atomic mass is 15.6. The Morgan fingerprint density at radius 2 is 1.27 bits per heavy atom. The van der Waals surface area contributed by atoms with Crippen LogP contribution in [0.25, 0.3) is 33.7 Å². The van der Waals surface area contributed by atoms with Crippen LogP contribution in [0, 0.1) is 0 Å². The van der Waals surface area contributed by atoms with Crippen LogP contribution in [-0.2, 0) is 12.1 Å². The Hall–Kier alpha value is -6.48. The molecule has 0 saturated carbocycles. The van der Waals surface area contributed by atoms with E-state index in [0.717, 1.165) is 64.1 Å². The monoisotopic (exact) mass is 667 g/mol. The number of hydrogen-bond acceptors (Lipinski definition) is 7. The summed E-state index contributed by atoms with van der Waals surface area (Å²) < 4.78 is 1.99. The van der Waals surface area contributed by atoms with Gasteiger partial charge in [0.1, 0.15) is 17.4 Å². The normalized spacial score (nSPS) is 11.5. The van der Waals surface area contributed by atoms with E-state index >= 15 is 0 Å². The Bertz CT molecular complexity index is 2240. The summed E-state index contributed by atoms with van der Waals surface area (Å²) in [5.74, 6) is 1.54. The number of imidazole rings is 1. The SMILES string of the molecule is CCCCN(Cc1ccc(-c2ccccc2-c2nnnn2C(c2ccccc2)(c2ccccc2)c2ccccc2)cc1)c1ncnc2nc[nH]c12. The van der Waals surface area contributed by atoms with Gasteiger partial charge in [0.2, 0.25) is 0 Å². The van der Waals surface area contributed by atoms with Crippen LogP contribution in [0.4, 0.5) is 5.82 Å². The highest BCUT2D eigenvalue weighted by molar-refractivity contribution is 5.83. The molecule has 8 aromatic rings. The molecule has 0 aliphatic carbocycles. The van der Waals surface area contributed by atoms with Crippen molar-refractivity contribution in [1.82, 2.24) is 40.1 Å². The molecule has 3 heterocycles. The fraction of sp³-hybridized carbons (Fsp3) is 0.143. The van der Waals surface area contributed by atoms with Gasteiger partial charge < -0.3 is 9.88 Å². The van der Waals surface area contributed by atoms with Gasteiger partial charge in [-0.1, -0.05) is 153 Å². The van der Waals surface area contributed by atoms with E-state index in [-0.39, 0.29) is 0 Å². The van der Waals surface area contributed by atoms with Crippen molar-refractivity contribution in [3.63, 3.8) is 0 Å². The van der Waals surface area contributed by atoms with Crippen LogP contribution in [0.15, 0.2) is 152 Å². The summed E-state index contributed by atoms with van der Waals surface area (Å²) >= 11 is 0. The number of fused-ring (bicyclic) bond motifs is 1. The maximum absolute atomic E-state index is 4.78. The van der Waals surface area contributed by atoms with Crippen molar-refractivity contribution in [3.05, 3.63) is 174 Å². The smallest absolute Gasteiger partial charge is 0.184 e. The van der Waals surface area contributed by atoms with Crippen LogP contribution < -0.4 is 4.90 Å². The van der Waals surface area contributed by atoms with Gasteiger partial charge in [-0.2, -0.15) is 0 Å². The Kier molecular flexibility index (Phi) is 8.83. The van der Waals surface area contributed by atoms with Gasteiger partial charge >= 0.3 is 0 Å². The molecule has 51 heavy (non-hydrogen) atoms. The van der Waals surface area contributed by atoms with Crippen LogP contribution in [0.3, 0.4) is 0 Å². The molecule has 0 saturated heterocycles. The average molecular weight is 668 g/mol. The molecule has 8 rings (SSSR count). The second-order valence-electron chi connectivity index (χ2n) is 12.5. The van der Waals surface area contributed by atoms with E-state index < -0.39 is 5.54 Å². The largest absolute Gasteiger partial charge is 0.350 e. The lowest BCUT2D eigenvalue weighted by molar-refractivity contribution is 0.451. The molecule has 0 aliphatic rings. The minimum atomic E-state index is -0.845. The third kappa shape index (κ3) is 5.93. The van der Waals surface area contributed by atoms with E-state index in [0.29, 0.717) is 18.0 Å². The summed E-state index contributed by atoms with van der Waals surface area (Å²) in [6, 6.07) is 48.6. The maximum atomic E-state index is 4.78. The summed E-state index contributed by atoms with van der Waals surface area (Å²) in [4.78, 5) is 18.9. The molecular weight excluding hydrogens is 631 g/mol. The number of unbranched alkanes of at least 4 members (excludes halogenated alkanes) is 1. The number of aromatic nitrogens is 8. The fourth-order valence-corrected chi connectivity index (χ4v) is 7.03. The molecule has 9 heteroatoms. The van der Waals surface area contributed by atoms with E-state index in [4.69, 9.17) is 10.3 Å². The van der Waals surface area contributed by atoms with E-state index in [1.54, 1.807) is 12.7 Å². The minimum absolute atomic E-state index is 0.671. The first kappa shape index (κ1) is 31.8. The molecule has 0 aliphatic heterocycles. The number of aromatic amines is 1. The quantitative estimate of drug-likeness (QED) is 0.131. The van der Waals surface area contributed by atoms with Gasteiger partial charge in [-0.05, 0) is 50.2 Å². The first-order chi connectivity index (χ1) is 25.3. The molecule has 5 aromatic carbocycles. The molecule has 3 aromatic heterocycles. The van der Waals surface area contributed by atoms with E-state index in [9.17, 15) is 0 Å². The number of tetrazole rings is 1. The van der Waals surface area contributed by atoms with Gasteiger partial charge in [-0.25, -0.2) is 19.6 Å². The number of nitrogens with zero attached hydrogens (tertiary/aromatic N) is 8. The molecule has 0 radical (unpaired) electrons. The van der Waals surface area contributed by atoms with Gasteiger partial charge in [0.25, 0.3) is 0 Å².